The normalized spacial score (nSPS) is 17.7. The smallest absolute Gasteiger partial charge is 0.289 e. The molecule has 0 bridgehead atoms. The second-order valence-corrected chi connectivity index (χ2v) is 8.63. The summed E-state index contributed by atoms with van der Waals surface area (Å²) >= 11 is 0. The molecule has 32 heavy (non-hydrogen) atoms. The molecule has 1 saturated heterocycles. The minimum atomic E-state index is -0.276. The van der Waals surface area contributed by atoms with E-state index in [1.165, 1.54) is 6.07 Å². The Bertz CT molecular complexity index is 1200. The molecule has 1 aromatic carbocycles. The van der Waals surface area contributed by atoms with Crippen LogP contribution in [0.4, 0.5) is 5.82 Å². The lowest BCUT2D eigenvalue weighted by molar-refractivity contribution is -0.119. The maximum Gasteiger partial charge on any atom is 0.289 e. The van der Waals surface area contributed by atoms with Crippen LogP contribution in [0.2, 0.25) is 0 Å². The van der Waals surface area contributed by atoms with Crippen molar-refractivity contribution >= 4 is 28.6 Å². The first-order valence-corrected chi connectivity index (χ1v) is 11.3. The Morgan fingerprint density at radius 2 is 1.78 bits per heavy atom. The van der Waals surface area contributed by atoms with E-state index in [4.69, 9.17) is 4.42 Å². The van der Waals surface area contributed by atoms with Crippen molar-refractivity contribution in [2.75, 3.05) is 18.4 Å². The van der Waals surface area contributed by atoms with Crippen molar-refractivity contribution in [1.29, 1.82) is 0 Å². The fraction of sp³-hybridized carbons (Fsp3) is 0.417. The summed E-state index contributed by atoms with van der Waals surface area (Å²) < 4.78 is 7.58. The van der Waals surface area contributed by atoms with E-state index in [0.29, 0.717) is 42.7 Å². The van der Waals surface area contributed by atoms with Gasteiger partial charge in [-0.25, -0.2) is 4.68 Å². The predicted octanol–water partition coefficient (Wildman–Crippen LogP) is 3.60. The molecular weight excluding hydrogens is 408 g/mol. The van der Waals surface area contributed by atoms with Gasteiger partial charge in [-0.15, -0.1) is 0 Å². The Labute approximate surface area is 185 Å². The number of likely N-dealkylation sites (tertiary alicyclic amines) is 1. The van der Waals surface area contributed by atoms with Gasteiger partial charge < -0.3 is 14.6 Å². The number of nitrogens with zero attached hydrogens (tertiary/aromatic N) is 3. The van der Waals surface area contributed by atoms with Crippen LogP contribution < -0.4 is 10.7 Å². The molecule has 3 heterocycles. The van der Waals surface area contributed by atoms with Crippen LogP contribution >= 0.6 is 0 Å². The zero-order valence-electron chi connectivity index (χ0n) is 17.8. The topological polar surface area (TPSA) is 97.4 Å². The van der Waals surface area contributed by atoms with Gasteiger partial charge in [0.2, 0.25) is 5.91 Å². The molecule has 1 aliphatic carbocycles. The summed E-state index contributed by atoms with van der Waals surface area (Å²) in [7, 11) is 0. The third-order valence-electron chi connectivity index (χ3n) is 6.59. The number of fused-ring (bicyclic) bond motifs is 1. The van der Waals surface area contributed by atoms with E-state index < -0.39 is 0 Å². The van der Waals surface area contributed by atoms with Crippen molar-refractivity contribution in [3.8, 4) is 0 Å². The zero-order chi connectivity index (χ0) is 22.1. The average Bonchev–Trinajstić information content (AvgIpc) is 3.51. The number of hydrogen-bond donors (Lipinski definition) is 1. The monoisotopic (exact) mass is 434 g/mol. The van der Waals surface area contributed by atoms with Crippen LogP contribution in [0, 0.1) is 5.92 Å². The second kappa shape index (κ2) is 8.61. The van der Waals surface area contributed by atoms with Crippen molar-refractivity contribution in [3.05, 3.63) is 58.6 Å². The molecule has 3 aromatic rings. The molecule has 0 radical (unpaired) electrons. The molecule has 1 saturated carbocycles. The van der Waals surface area contributed by atoms with Crippen LogP contribution in [0.25, 0.3) is 11.0 Å². The molecule has 0 atom stereocenters. The Kier molecular flexibility index (Phi) is 5.51. The first kappa shape index (κ1) is 20.5. The zero-order valence-corrected chi connectivity index (χ0v) is 17.8. The lowest BCUT2D eigenvalue weighted by atomic mass is 10.0. The minimum Gasteiger partial charge on any atom is -0.451 e. The maximum atomic E-state index is 13.0. The predicted molar refractivity (Wildman–Crippen MR) is 119 cm³/mol. The molecule has 2 fully saturated rings. The lowest BCUT2D eigenvalue weighted by Gasteiger charge is -2.32. The molecule has 166 valence electrons. The number of para-hydroxylation sites is 1. The van der Waals surface area contributed by atoms with Crippen LogP contribution in [0.1, 0.15) is 55.1 Å². The summed E-state index contributed by atoms with van der Waals surface area (Å²) in [5.74, 6) is 0.669. The fourth-order valence-electron chi connectivity index (χ4n) is 4.80. The molecule has 1 N–H and O–H groups in total. The highest BCUT2D eigenvalue weighted by atomic mass is 16.3. The van der Waals surface area contributed by atoms with E-state index in [2.05, 4.69) is 10.4 Å². The van der Waals surface area contributed by atoms with Gasteiger partial charge in [0, 0.05) is 31.1 Å². The molecule has 2 aromatic heterocycles. The van der Waals surface area contributed by atoms with E-state index >= 15 is 0 Å². The molecule has 0 spiro atoms. The number of carbonyl (C=O) groups excluding carboxylic acids is 2. The second-order valence-electron chi connectivity index (χ2n) is 8.63. The number of nitrogens with one attached hydrogen (secondary N) is 1. The van der Waals surface area contributed by atoms with E-state index in [1.54, 1.807) is 35.4 Å². The van der Waals surface area contributed by atoms with Gasteiger partial charge in [0.15, 0.2) is 11.2 Å². The number of aromatic nitrogens is 2. The van der Waals surface area contributed by atoms with Gasteiger partial charge in [0.1, 0.15) is 11.4 Å². The van der Waals surface area contributed by atoms with Crippen molar-refractivity contribution in [3.63, 3.8) is 0 Å². The Morgan fingerprint density at radius 3 is 2.56 bits per heavy atom. The fourth-order valence-corrected chi connectivity index (χ4v) is 4.80. The molecule has 2 amide bonds. The van der Waals surface area contributed by atoms with Crippen molar-refractivity contribution in [2.45, 2.75) is 44.6 Å². The van der Waals surface area contributed by atoms with E-state index in [0.717, 1.165) is 25.7 Å². The van der Waals surface area contributed by atoms with Gasteiger partial charge in [-0.05, 0) is 37.8 Å². The van der Waals surface area contributed by atoms with Gasteiger partial charge in [0.05, 0.1) is 17.6 Å². The van der Waals surface area contributed by atoms with Gasteiger partial charge in [-0.3, -0.25) is 14.4 Å². The first-order chi connectivity index (χ1) is 15.6. The summed E-state index contributed by atoms with van der Waals surface area (Å²) in [5.41, 5.74) is 0.196. The quantitative estimate of drug-likeness (QED) is 0.677. The summed E-state index contributed by atoms with van der Waals surface area (Å²) in [4.78, 5) is 39.5. The minimum absolute atomic E-state index is 0.0655. The number of amides is 2. The third kappa shape index (κ3) is 3.92. The number of piperidine rings is 1. The summed E-state index contributed by atoms with van der Waals surface area (Å²) in [5, 5.41) is 7.94. The molecule has 1 aliphatic heterocycles. The number of hydrogen-bond acceptors (Lipinski definition) is 5. The van der Waals surface area contributed by atoms with Crippen LogP contribution in [0.3, 0.4) is 0 Å². The van der Waals surface area contributed by atoms with E-state index in [9.17, 15) is 14.4 Å². The van der Waals surface area contributed by atoms with Crippen molar-refractivity contribution in [1.82, 2.24) is 14.7 Å². The lowest BCUT2D eigenvalue weighted by Crippen LogP contribution is -2.39. The Morgan fingerprint density at radius 1 is 1.03 bits per heavy atom. The van der Waals surface area contributed by atoms with Gasteiger partial charge in [-0.1, -0.05) is 25.0 Å². The SMILES string of the molecule is O=C(Nc1ccnn1C1CCN(C(=O)c2cc(=O)c3ccccc3o2)CC1)C1CCCC1. The Hall–Kier alpha value is -3.42. The van der Waals surface area contributed by atoms with E-state index in [-0.39, 0.29) is 35.0 Å². The summed E-state index contributed by atoms with van der Waals surface area (Å²) in [6.45, 7) is 1.05. The van der Waals surface area contributed by atoms with Gasteiger partial charge in [0.25, 0.3) is 5.91 Å². The third-order valence-corrected chi connectivity index (χ3v) is 6.59. The van der Waals surface area contributed by atoms with Crippen LogP contribution in [0.5, 0.6) is 0 Å². The maximum absolute atomic E-state index is 13.0. The van der Waals surface area contributed by atoms with E-state index in [1.807, 2.05) is 10.7 Å². The molecule has 2 aliphatic rings. The molecule has 0 unspecified atom stereocenters. The van der Waals surface area contributed by atoms with Crippen LogP contribution in [0.15, 0.2) is 51.8 Å². The summed E-state index contributed by atoms with van der Waals surface area (Å²) in [6, 6.07) is 10.1. The largest absolute Gasteiger partial charge is 0.451 e. The average molecular weight is 434 g/mol. The molecular formula is C24H26N4O4. The van der Waals surface area contributed by atoms with Crippen molar-refractivity contribution < 1.29 is 14.0 Å². The standard InChI is InChI=1S/C24H26N4O4/c29-19-15-21(32-20-8-4-3-7-18(19)20)24(31)27-13-10-17(11-14-27)28-22(9-12-25-28)26-23(30)16-5-1-2-6-16/h3-4,7-9,12,15-17H,1-2,5-6,10-11,13-14H2,(H,26,30). The molecule has 8 nitrogen and oxygen atoms in total. The molecule has 5 rings (SSSR count). The van der Waals surface area contributed by atoms with Crippen LogP contribution in [-0.2, 0) is 4.79 Å². The first-order valence-electron chi connectivity index (χ1n) is 11.3. The highest BCUT2D eigenvalue weighted by Gasteiger charge is 2.29. The van der Waals surface area contributed by atoms with Gasteiger partial charge >= 0.3 is 0 Å². The van der Waals surface area contributed by atoms with Crippen molar-refractivity contribution in [2.24, 2.45) is 5.92 Å². The number of anilines is 1. The summed E-state index contributed by atoms with van der Waals surface area (Å²) in [6.07, 6.45) is 7.24. The number of carbonyl (C=O) groups is 2. The molecule has 8 heteroatoms. The number of rotatable bonds is 4. The highest BCUT2D eigenvalue weighted by molar-refractivity contribution is 5.93. The highest BCUT2D eigenvalue weighted by Crippen LogP contribution is 2.29. The van der Waals surface area contributed by atoms with Gasteiger partial charge in [-0.2, -0.15) is 5.10 Å². The Balaban J connectivity index is 1.25. The number of benzene rings is 1. The van der Waals surface area contributed by atoms with Crippen LogP contribution in [-0.4, -0.2) is 39.6 Å².